The van der Waals surface area contributed by atoms with Gasteiger partial charge in [0.2, 0.25) is 19.6 Å². The number of sulfonamides is 1. The Morgan fingerprint density at radius 2 is 1.31 bits per heavy atom. The molecule has 0 aliphatic carbocycles. The van der Waals surface area contributed by atoms with E-state index in [9.17, 15) is 18.0 Å². The highest BCUT2D eigenvalue weighted by atomic mass is 79.9. The molecular formula is C32H46BrClN2O5S. The van der Waals surface area contributed by atoms with Gasteiger partial charge in [0, 0.05) is 11.3 Å². The van der Waals surface area contributed by atoms with E-state index in [1.54, 1.807) is 30.3 Å². The van der Waals surface area contributed by atoms with E-state index >= 15 is 0 Å². The van der Waals surface area contributed by atoms with E-state index in [4.69, 9.17) is 16.3 Å². The lowest BCUT2D eigenvalue weighted by Crippen LogP contribution is -2.39. The number of carbonyl (C=O) groups excluding carboxylic acids is 2. The normalized spacial score (nSPS) is 12.9. The largest absolute Gasteiger partial charge is 0.497 e. The fraction of sp³-hybridized carbons (Fsp3) is 0.562. The molecule has 1 atom stereocenters. The number of carbonyl (C=O) groups is 2. The molecule has 1 amide bonds. The number of ketones is 1. The maximum absolute atomic E-state index is 12.9. The number of Topliss-reactive ketones (excluding diaryl/α,β-unsaturated/α-hetero) is 1. The van der Waals surface area contributed by atoms with Crippen LogP contribution in [0.5, 0.6) is 5.75 Å². The summed E-state index contributed by atoms with van der Waals surface area (Å²) in [6.07, 6.45) is 16.8. The van der Waals surface area contributed by atoms with Crippen LogP contribution in [0.4, 0.5) is 11.4 Å². The van der Waals surface area contributed by atoms with E-state index in [1.807, 2.05) is 0 Å². The number of hydrogen-bond acceptors (Lipinski definition) is 5. The first-order chi connectivity index (χ1) is 20.1. The number of methoxy groups -OCH3 is 1. The summed E-state index contributed by atoms with van der Waals surface area (Å²) in [6, 6.07) is 12.5. The van der Waals surface area contributed by atoms with Crippen LogP contribution >= 0.6 is 27.5 Å². The molecule has 0 heterocycles. The quantitative estimate of drug-likeness (QED) is 0.0557. The summed E-state index contributed by atoms with van der Waals surface area (Å²) < 4.78 is 30.9. The van der Waals surface area contributed by atoms with Crippen molar-refractivity contribution < 1.29 is 22.7 Å². The van der Waals surface area contributed by atoms with E-state index < -0.39 is 25.5 Å². The minimum atomic E-state index is -3.54. The predicted molar refractivity (Wildman–Crippen MR) is 178 cm³/mol. The molecule has 0 saturated heterocycles. The molecular weight excluding hydrogens is 640 g/mol. The van der Waals surface area contributed by atoms with Crippen molar-refractivity contribution in [3.05, 3.63) is 54.1 Å². The first-order valence-corrected chi connectivity index (χ1v) is 17.9. The van der Waals surface area contributed by atoms with Crippen molar-refractivity contribution >= 4 is 60.6 Å². The summed E-state index contributed by atoms with van der Waals surface area (Å²) in [5, 5.41) is 2.58. The number of alkyl halides is 2. The number of hydrogen-bond donors (Lipinski definition) is 2. The highest BCUT2D eigenvalue weighted by molar-refractivity contribution is 9.11. The van der Waals surface area contributed by atoms with E-state index in [2.05, 4.69) is 32.9 Å². The summed E-state index contributed by atoms with van der Waals surface area (Å²) in [5.74, 6) is -0.847. The summed E-state index contributed by atoms with van der Waals surface area (Å²) in [6.45, 7) is 2.25. The van der Waals surface area contributed by atoms with Gasteiger partial charge in [-0.05, 0) is 64.8 Å². The Morgan fingerprint density at radius 1 is 0.810 bits per heavy atom. The molecule has 2 rings (SSSR count). The average molecular weight is 686 g/mol. The van der Waals surface area contributed by atoms with Crippen molar-refractivity contribution in [2.75, 3.05) is 22.9 Å². The fourth-order valence-corrected chi connectivity index (χ4v) is 6.27. The van der Waals surface area contributed by atoms with Crippen molar-refractivity contribution in [3.8, 4) is 5.75 Å². The first-order valence-electron chi connectivity index (χ1n) is 15.1. The van der Waals surface area contributed by atoms with E-state index in [0.29, 0.717) is 23.5 Å². The van der Waals surface area contributed by atoms with Gasteiger partial charge in [-0.3, -0.25) is 14.3 Å². The van der Waals surface area contributed by atoms with E-state index in [1.165, 1.54) is 89.5 Å². The van der Waals surface area contributed by atoms with E-state index in [0.717, 1.165) is 19.3 Å². The molecule has 7 nitrogen and oxygen atoms in total. The Balaban J connectivity index is 1.71. The molecule has 2 N–H and O–H groups in total. The molecule has 0 aliphatic rings. The number of rotatable bonds is 22. The third-order valence-electron chi connectivity index (χ3n) is 7.08. The molecule has 42 heavy (non-hydrogen) atoms. The lowest BCUT2D eigenvalue weighted by atomic mass is 10.0. The van der Waals surface area contributed by atoms with Crippen LogP contribution in [0, 0.1) is 0 Å². The molecule has 0 radical (unpaired) electrons. The molecule has 0 fully saturated rings. The van der Waals surface area contributed by atoms with Crippen LogP contribution in [0.25, 0.3) is 0 Å². The maximum atomic E-state index is 12.9. The lowest BCUT2D eigenvalue weighted by molar-refractivity contribution is -0.115. The van der Waals surface area contributed by atoms with Gasteiger partial charge in [0.25, 0.3) is 5.91 Å². The Kier molecular flexibility index (Phi) is 16.5. The highest BCUT2D eigenvalue weighted by Gasteiger charge is 2.42. The second-order valence-corrected chi connectivity index (χ2v) is 14.7. The minimum absolute atomic E-state index is 0.0319. The van der Waals surface area contributed by atoms with Gasteiger partial charge in [0.15, 0.2) is 0 Å². The SMILES string of the molecule is CCCCCCCCCCCCCCCCS(=O)(=O)Nc1cccc(NC(=O)C(Cl)(Br)C(=O)c2ccc(OC)cc2)c1. The summed E-state index contributed by atoms with van der Waals surface area (Å²) in [5.41, 5.74) is 0.834. The van der Waals surface area contributed by atoms with Crippen LogP contribution in [0.1, 0.15) is 107 Å². The molecule has 0 bridgehead atoms. The van der Waals surface area contributed by atoms with Gasteiger partial charge in [-0.1, -0.05) is 108 Å². The number of anilines is 2. The highest BCUT2D eigenvalue weighted by Crippen LogP contribution is 2.31. The summed E-state index contributed by atoms with van der Waals surface area (Å²) in [7, 11) is -2.03. The Bertz CT molecular complexity index is 1210. The number of nitrogens with one attached hydrogen (secondary N) is 2. The van der Waals surface area contributed by atoms with Gasteiger partial charge in [-0.25, -0.2) is 8.42 Å². The third kappa shape index (κ3) is 13.5. The molecule has 10 heteroatoms. The number of unbranched alkanes of at least 4 members (excludes halogenated alkanes) is 13. The zero-order chi connectivity index (χ0) is 30.8. The van der Waals surface area contributed by atoms with Crippen LogP contribution < -0.4 is 14.8 Å². The monoisotopic (exact) mass is 684 g/mol. The zero-order valence-corrected chi connectivity index (χ0v) is 28.1. The van der Waals surface area contributed by atoms with Gasteiger partial charge in [0.05, 0.1) is 18.6 Å². The van der Waals surface area contributed by atoms with Gasteiger partial charge < -0.3 is 10.1 Å². The Labute approximate surface area is 265 Å². The summed E-state index contributed by atoms with van der Waals surface area (Å²) >= 11 is 9.35. The van der Waals surface area contributed by atoms with Crippen molar-refractivity contribution in [1.29, 1.82) is 0 Å². The fourth-order valence-electron chi connectivity index (χ4n) is 4.61. The van der Waals surface area contributed by atoms with Crippen LogP contribution in [0.3, 0.4) is 0 Å². The topological polar surface area (TPSA) is 102 Å². The molecule has 234 valence electrons. The number of ether oxygens (including phenoxy) is 1. The van der Waals surface area contributed by atoms with Gasteiger partial charge in [0.1, 0.15) is 5.75 Å². The molecule has 2 aromatic carbocycles. The molecule has 2 aromatic rings. The average Bonchev–Trinajstić information content (AvgIpc) is 2.96. The Hall–Kier alpha value is -2.10. The van der Waals surface area contributed by atoms with Gasteiger partial charge in [-0.15, -0.1) is 0 Å². The molecule has 0 saturated carbocycles. The first kappa shape index (κ1) is 36.1. The summed E-state index contributed by atoms with van der Waals surface area (Å²) in [4.78, 5) is 25.7. The zero-order valence-electron chi connectivity index (χ0n) is 24.9. The van der Waals surface area contributed by atoms with Crippen LogP contribution in [0.15, 0.2) is 48.5 Å². The second-order valence-electron chi connectivity index (χ2n) is 10.7. The number of benzene rings is 2. The smallest absolute Gasteiger partial charge is 0.264 e. The standard InChI is InChI=1S/C32H46BrClN2O5S/c1-3-4-5-6-7-8-9-10-11-12-13-14-15-16-24-42(39,40)36-28-19-17-18-27(25-28)35-31(38)32(33,34)30(37)26-20-22-29(41-2)23-21-26/h17-23,25,36H,3-16,24H2,1-2H3,(H,35,38). The van der Waals surface area contributed by atoms with Crippen LogP contribution in [-0.4, -0.2) is 36.8 Å². The predicted octanol–water partition coefficient (Wildman–Crippen LogP) is 9.07. The minimum Gasteiger partial charge on any atom is -0.497 e. The maximum Gasteiger partial charge on any atom is 0.264 e. The van der Waals surface area contributed by atoms with Crippen molar-refractivity contribution in [1.82, 2.24) is 0 Å². The van der Waals surface area contributed by atoms with Gasteiger partial charge in [-0.2, -0.15) is 0 Å². The van der Waals surface area contributed by atoms with Crippen molar-refractivity contribution in [2.24, 2.45) is 0 Å². The second kappa shape index (κ2) is 19.2. The van der Waals surface area contributed by atoms with E-state index in [-0.39, 0.29) is 11.3 Å². The number of amides is 1. The molecule has 1 unspecified atom stereocenters. The van der Waals surface area contributed by atoms with Crippen LogP contribution in [-0.2, 0) is 14.8 Å². The number of halogens is 2. The molecule has 0 aromatic heterocycles. The van der Waals surface area contributed by atoms with Crippen molar-refractivity contribution in [2.45, 2.75) is 101 Å². The molecule has 0 spiro atoms. The molecule has 0 aliphatic heterocycles. The van der Waals surface area contributed by atoms with Crippen molar-refractivity contribution in [3.63, 3.8) is 0 Å². The Morgan fingerprint density at radius 3 is 1.83 bits per heavy atom. The van der Waals surface area contributed by atoms with Gasteiger partial charge >= 0.3 is 0 Å². The van der Waals surface area contributed by atoms with Crippen LogP contribution in [0.2, 0.25) is 0 Å². The lowest BCUT2D eigenvalue weighted by Gasteiger charge is -2.19. The third-order valence-corrected chi connectivity index (χ3v) is 9.52.